The Bertz CT molecular complexity index is 608. The van der Waals surface area contributed by atoms with Crippen molar-refractivity contribution in [1.29, 1.82) is 0 Å². The molecule has 2 rings (SSSR count). The SMILES string of the molecule is CC(C)CCOc1ccccc1C(=O)NCCc1ccccc1. The van der Waals surface area contributed by atoms with Crippen molar-refractivity contribution in [2.45, 2.75) is 26.7 Å². The lowest BCUT2D eigenvalue weighted by Crippen LogP contribution is -2.26. The van der Waals surface area contributed by atoms with Gasteiger partial charge in [0.1, 0.15) is 5.75 Å². The zero-order valence-electron chi connectivity index (χ0n) is 13.9. The van der Waals surface area contributed by atoms with Gasteiger partial charge in [0.2, 0.25) is 0 Å². The van der Waals surface area contributed by atoms with E-state index in [1.165, 1.54) is 5.56 Å². The lowest BCUT2D eigenvalue weighted by atomic mass is 10.1. The molecule has 0 aromatic heterocycles. The van der Waals surface area contributed by atoms with Crippen LogP contribution in [-0.4, -0.2) is 19.1 Å². The second-order valence-electron chi connectivity index (χ2n) is 6.02. The van der Waals surface area contributed by atoms with Crippen LogP contribution >= 0.6 is 0 Å². The van der Waals surface area contributed by atoms with Gasteiger partial charge in [0.15, 0.2) is 0 Å². The molecule has 0 saturated heterocycles. The molecular formula is C20H25NO2. The number of nitrogens with one attached hydrogen (secondary N) is 1. The quantitative estimate of drug-likeness (QED) is 0.797. The summed E-state index contributed by atoms with van der Waals surface area (Å²) in [5.41, 5.74) is 1.82. The molecule has 3 nitrogen and oxygen atoms in total. The zero-order valence-corrected chi connectivity index (χ0v) is 13.9. The first-order valence-corrected chi connectivity index (χ1v) is 8.21. The molecule has 0 fully saturated rings. The van der Waals surface area contributed by atoms with E-state index >= 15 is 0 Å². The normalized spacial score (nSPS) is 10.6. The third kappa shape index (κ3) is 5.78. The van der Waals surface area contributed by atoms with Crippen LogP contribution in [0.15, 0.2) is 54.6 Å². The van der Waals surface area contributed by atoms with Crippen molar-refractivity contribution in [3.63, 3.8) is 0 Å². The molecule has 0 aliphatic rings. The van der Waals surface area contributed by atoms with E-state index in [1.807, 2.05) is 42.5 Å². The highest BCUT2D eigenvalue weighted by Gasteiger charge is 2.11. The Kier molecular flexibility index (Phi) is 6.67. The van der Waals surface area contributed by atoms with E-state index in [4.69, 9.17) is 4.74 Å². The highest BCUT2D eigenvalue weighted by Crippen LogP contribution is 2.18. The summed E-state index contributed by atoms with van der Waals surface area (Å²) in [7, 11) is 0. The summed E-state index contributed by atoms with van der Waals surface area (Å²) in [6.45, 7) is 5.56. The van der Waals surface area contributed by atoms with Crippen molar-refractivity contribution in [2.75, 3.05) is 13.2 Å². The molecule has 0 saturated carbocycles. The minimum Gasteiger partial charge on any atom is -0.493 e. The smallest absolute Gasteiger partial charge is 0.255 e. The van der Waals surface area contributed by atoms with E-state index in [1.54, 1.807) is 0 Å². The molecule has 0 aliphatic carbocycles. The van der Waals surface area contributed by atoms with Crippen molar-refractivity contribution < 1.29 is 9.53 Å². The molecule has 0 spiro atoms. The minimum atomic E-state index is -0.0823. The van der Waals surface area contributed by atoms with Crippen LogP contribution in [0.4, 0.5) is 0 Å². The van der Waals surface area contributed by atoms with Crippen LogP contribution in [0.5, 0.6) is 5.75 Å². The maximum atomic E-state index is 12.4. The highest BCUT2D eigenvalue weighted by atomic mass is 16.5. The maximum absolute atomic E-state index is 12.4. The fourth-order valence-corrected chi connectivity index (χ4v) is 2.24. The van der Waals surface area contributed by atoms with Crippen LogP contribution in [0.3, 0.4) is 0 Å². The van der Waals surface area contributed by atoms with Gasteiger partial charge in [0.25, 0.3) is 5.91 Å². The lowest BCUT2D eigenvalue weighted by molar-refractivity contribution is 0.0950. The fourth-order valence-electron chi connectivity index (χ4n) is 2.24. The highest BCUT2D eigenvalue weighted by molar-refractivity contribution is 5.96. The van der Waals surface area contributed by atoms with E-state index in [9.17, 15) is 4.79 Å². The molecule has 0 radical (unpaired) electrons. The van der Waals surface area contributed by atoms with Crippen LogP contribution in [0.25, 0.3) is 0 Å². The van der Waals surface area contributed by atoms with Gasteiger partial charge in [-0.2, -0.15) is 0 Å². The summed E-state index contributed by atoms with van der Waals surface area (Å²) < 4.78 is 5.77. The van der Waals surface area contributed by atoms with Crippen LogP contribution in [-0.2, 0) is 6.42 Å². The van der Waals surface area contributed by atoms with Crippen molar-refractivity contribution >= 4 is 5.91 Å². The Morgan fingerprint density at radius 3 is 2.48 bits per heavy atom. The summed E-state index contributed by atoms with van der Waals surface area (Å²) in [6.07, 6.45) is 1.80. The van der Waals surface area contributed by atoms with Gasteiger partial charge in [-0.1, -0.05) is 56.3 Å². The maximum Gasteiger partial charge on any atom is 0.255 e. The molecule has 3 heteroatoms. The van der Waals surface area contributed by atoms with Crippen molar-refractivity contribution in [2.24, 2.45) is 5.92 Å². The third-order valence-corrected chi connectivity index (χ3v) is 3.63. The molecule has 0 aliphatic heterocycles. The molecular weight excluding hydrogens is 286 g/mol. The van der Waals surface area contributed by atoms with Gasteiger partial charge in [-0.3, -0.25) is 4.79 Å². The third-order valence-electron chi connectivity index (χ3n) is 3.63. The van der Waals surface area contributed by atoms with Crippen LogP contribution in [0.1, 0.15) is 36.2 Å². The average molecular weight is 311 g/mol. The van der Waals surface area contributed by atoms with Gasteiger partial charge < -0.3 is 10.1 Å². The fraction of sp³-hybridized carbons (Fsp3) is 0.350. The standard InChI is InChI=1S/C20H25NO2/c1-16(2)13-15-23-19-11-7-6-10-18(19)20(22)21-14-12-17-8-4-3-5-9-17/h3-11,16H,12-15H2,1-2H3,(H,21,22). The minimum absolute atomic E-state index is 0.0823. The Morgan fingerprint density at radius 2 is 1.74 bits per heavy atom. The molecule has 0 bridgehead atoms. The summed E-state index contributed by atoms with van der Waals surface area (Å²) in [6, 6.07) is 17.6. The summed E-state index contributed by atoms with van der Waals surface area (Å²) in [4.78, 5) is 12.4. The Hall–Kier alpha value is -2.29. The second-order valence-corrected chi connectivity index (χ2v) is 6.02. The first-order valence-electron chi connectivity index (χ1n) is 8.21. The van der Waals surface area contributed by atoms with Gasteiger partial charge in [-0.15, -0.1) is 0 Å². The Labute approximate surface area is 138 Å². The number of carbonyl (C=O) groups excluding carboxylic acids is 1. The molecule has 0 unspecified atom stereocenters. The van der Waals surface area contributed by atoms with E-state index in [2.05, 4.69) is 31.3 Å². The molecule has 0 heterocycles. The second kappa shape index (κ2) is 8.99. The first-order chi connectivity index (χ1) is 11.2. The lowest BCUT2D eigenvalue weighted by Gasteiger charge is -2.12. The van der Waals surface area contributed by atoms with Gasteiger partial charge in [-0.25, -0.2) is 0 Å². The van der Waals surface area contributed by atoms with Crippen molar-refractivity contribution in [3.8, 4) is 5.75 Å². The number of para-hydroxylation sites is 1. The summed E-state index contributed by atoms with van der Waals surface area (Å²) in [5, 5.41) is 2.97. The number of carbonyl (C=O) groups is 1. The van der Waals surface area contributed by atoms with Crippen LogP contribution in [0, 0.1) is 5.92 Å². The predicted molar refractivity (Wildman–Crippen MR) is 93.9 cm³/mol. The van der Waals surface area contributed by atoms with Gasteiger partial charge >= 0.3 is 0 Å². The molecule has 2 aromatic carbocycles. The molecule has 1 N–H and O–H groups in total. The number of amides is 1. The van der Waals surface area contributed by atoms with Crippen LogP contribution in [0.2, 0.25) is 0 Å². The van der Waals surface area contributed by atoms with Gasteiger partial charge in [0.05, 0.1) is 12.2 Å². The van der Waals surface area contributed by atoms with E-state index < -0.39 is 0 Å². The van der Waals surface area contributed by atoms with Crippen LogP contribution < -0.4 is 10.1 Å². The van der Waals surface area contributed by atoms with Gasteiger partial charge in [-0.05, 0) is 36.5 Å². The predicted octanol–water partition coefficient (Wildman–Crippen LogP) is 4.08. The van der Waals surface area contributed by atoms with Crippen molar-refractivity contribution in [1.82, 2.24) is 5.32 Å². The number of hydrogen-bond donors (Lipinski definition) is 1. The largest absolute Gasteiger partial charge is 0.493 e. The summed E-state index contributed by atoms with van der Waals surface area (Å²) >= 11 is 0. The molecule has 23 heavy (non-hydrogen) atoms. The Morgan fingerprint density at radius 1 is 1.04 bits per heavy atom. The first kappa shape index (κ1) is 17.1. The van der Waals surface area contributed by atoms with Crippen molar-refractivity contribution in [3.05, 3.63) is 65.7 Å². The average Bonchev–Trinajstić information content (AvgIpc) is 2.56. The Balaban J connectivity index is 1.88. The zero-order chi connectivity index (χ0) is 16.5. The van der Waals surface area contributed by atoms with E-state index in [0.717, 1.165) is 12.8 Å². The number of rotatable bonds is 8. The molecule has 122 valence electrons. The van der Waals surface area contributed by atoms with Gasteiger partial charge in [0, 0.05) is 6.54 Å². The number of benzene rings is 2. The van der Waals surface area contributed by atoms with E-state index in [0.29, 0.717) is 30.4 Å². The molecule has 1 amide bonds. The summed E-state index contributed by atoms with van der Waals surface area (Å²) in [5.74, 6) is 1.16. The molecule has 0 atom stereocenters. The molecule has 2 aromatic rings. The number of ether oxygens (including phenoxy) is 1. The number of hydrogen-bond acceptors (Lipinski definition) is 2. The topological polar surface area (TPSA) is 38.3 Å². The van der Waals surface area contributed by atoms with E-state index in [-0.39, 0.29) is 5.91 Å². The monoisotopic (exact) mass is 311 g/mol.